The van der Waals surface area contributed by atoms with Crippen molar-refractivity contribution >= 4 is 0 Å². The largest absolute Gasteiger partial charge is 0.354 e. The summed E-state index contributed by atoms with van der Waals surface area (Å²) in [6, 6.07) is 2.68. The van der Waals surface area contributed by atoms with Crippen molar-refractivity contribution in [1.82, 2.24) is 19.7 Å². The summed E-state index contributed by atoms with van der Waals surface area (Å²) in [4.78, 5) is 0. The second kappa shape index (κ2) is 6.75. The molecule has 0 saturated heterocycles. The number of nitrogens with zero attached hydrogens (tertiary/aromatic N) is 3. The highest BCUT2D eigenvalue weighted by Gasteiger charge is 2.15. The lowest BCUT2D eigenvalue weighted by molar-refractivity contribution is 0.421. The van der Waals surface area contributed by atoms with Gasteiger partial charge in [0.2, 0.25) is 0 Å². The lowest BCUT2D eigenvalue weighted by Crippen LogP contribution is -2.25. The maximum absolute atomic E-state index is 4.21. The zero-order valence-corrected chi connectivity index (χ0v) is 13.0. The first kappa shape index (κ1) is 14.9. The average molecular weight is 274 g/mol. The molecule has 4 nitrogen and oxygen atoms in total. The van der Waals surface area contributed by atoms with Crippen LogP contribution in [-0.2, 0) is 20.0 Å². The Kier molecular flexibility index (Phi) is 5.01. The highest BCUT2D eigenvalue weighted by molar-refractivity contribution is 5.16. The predicted molar refractivity (Wildman–Crippen MR) is 82.6 cm³/mol. The smallest absolute Gasteiger partial charge is 0.0522 e. The molecule has 2 aromatic rings. The maximum Gasteiger partial charge on any atom is 0.0522 e. The van der Waals surface area contributed by atoms with Gasteiger partial charge in [-0.15, -0.1) is 0 Å². The van der Waals surface area contributed by atoms with Crippen LogP contribution in [0, 0.1) is 5.92 Å². The van der Waals surface area contributed by atoms with E-state index < -0.39 is 0 Å². The average Bonchev–Trinajstić information content (AvgIpc) is 3.02. The Morgan fingerprint density at radius 2 is 2.10 bits per heavy atom. The standard InChI is InChI=1S/C16H26N4/c1-5-17-16(13(2)3)15-7-9-20(12-15)8-6-14-10-18-19(4)11-14/h7,9-13,16-17H,5-6,8H2,1-4H3. The summed E-state index contributed by atoms with van der Waals surface area (Å²) < 4.78 is 4.13. The van der Waals surface area contributed by atoms with Crippen LogP contribution in [0.1, 0.15) is 37.9 Å². The van der Waals surface area contributed by atoms with E-state index in [0.29, 0.717) is 12.0 Å². The van der Waals surface area contributed by atoms with Crippen LogP contribution < -0.4 is 5.32 Å². The Morgan fingerprint density at radius 3 is 2.70 bits per heavy atom. The molecule has 0 radical (unpaired) electrons. The molecule has 0 aromatic carbocycles. The molecule has 0 amide bonds. The highest BCUT2D eigenvalue weighted by atomic mass is 15.2. The van der Waals surface area contributed by atoms with Gasteiger partial charge in [0.1, 0.15) is 0 Å². The lowest BCUT2D eigenvalue weighted by Gasteiger charge is -2.20. The van der Waals surface area contributed by atoms with Crippen LogP contribution in [0.5, 0.6) is 0 Å². The molecule has 2 rings (SSSR count). The zero-order valence-electron chi connectivity index (χ0n) is 13.0. The molecule has 1 N–H and O–H groups in total. The van der Waals surface area contributed by atoms with Gasteiger partial charge in [-0.2, -0.15) is 5.10 Å². The van der Waals surface area contributed by atoms with Crippen molar-refractivity contribution in [2.75, 3.05) is 6.54 Å². The van der Waals surface area contributed by atoms with E-state index in [-0.39, 0.29) is 0 Å². The first-order valence-corrected chi connectivity index (χ1v) is 7.46. The van der Waals surface area contributed by atoms with Crippen molar-refractivity contribution in [3.8, 4) is 0 Å². The second-order valence-corrected chi connectivity index (χ2v) is 5.73. The molecule has 0 aliphatic heterocycles. The first-order chi connectivity index (χ1) is 9.60. The molecule has 20 heavy (non-hydrogen) atoms. The minimum Gasteiger partial charge on any atom is -0.354 e. The van der Waals surface area contributed by atoms with E-state index in [2.05, 4.69) is 60.4 Å². The lowest BCUT2D eigenvalue weighted by atomic mass is 9.98. The van der Waals surface area contributed by atoms with E-state index in [0.717, 1.165) is 19.5 Å². The monoisotopic (exact) mass is 274 g/mol. The predicted octanol–water partition coefficient (Wildman–Crippen LogP) is 2.77. The van der Waals surface area contributed by atoms with Crippen molar-refractivity contribution in [2.45, 2.75) is 39.8 Å². The van der Waals surface area contributed by atoms with Gasteiger partial charge in [-0.3, -0.25) is 4.68 Å². The van der Waals surface area contributed by atoms with Crippen molar-refractivity contribution in [3.63, 3.8) is 0 Å². The summed E-state index contributed by atoms with van der Waals surface area (Å²) >= 11 is 0. The molecule has 110 valence electrons. The number of rotatable bonds is 7. The van der Waals surface area contributed by atoms with Crippen molar-refractivity contribution in [2.24, 2.45) is 13.0 Å². The van der Waals surface area contributed by atoms with Crippen molar-refractivity contribution in [1.29, 1.82) is 0 Å². The van der Waals surface area contributed by atoms with Crippen LogP contribution in [-0.4, -0.2) is 20.9 Å². The van der Waals surface area contributed by atoms with Gasteiger partial charge in [-0.05, 0) is 36.1 Å². The van der Waals surface area contributed by atoms with Gasteiger partial charge >= 0.3 is 0 Å². The molecule has 0 aliphatic carbocycles. The van der Waals surface area contributed by atoms with E-state index in [4.69, 9.17) is 0 Å². The van der Waals surface area contributed by atoms with Crippen LogP contribution in [0.15, 0.2) is 30.9 Å². The van der Waals surface area contributed by atoms with E-state index in [1.165, 1.54) is 11.1 Å². The third-order valence-corrected chi connectivity index (χ3v) is 3.64. The SMILES string of the molecule is CCNC(c1ccn(CCc2cnn(C)c2)c1)C(C)C. The van der Waals surface area contributed by atoms with Crippen LogP contribution >= 0.6 is 0 Å². The fraction of sp³-hybridized carbons (Fsp3) is 0.562. The molecule has 4 heteroatoms. The Hall–Kier alpha value is -1.55. The minimum absolute atomic E-state index is 0.444. The molecule has 0 saturated carbocycles. The molecule has 1 unspecified atom stereocenters. The van der Waals surface area contributed by atoms with Gasteiger partial charge in [0.05, 0.1) is 6.20 Å². The Bertz CT molecular complexity index is 524. The molecule has 2 heterocycles. The van der Waals surface area contributed by atoms with E-state index in [1.807, 2.05) is 17.9 Å². The second-order valence-electron chi connectivity index (χ2n) is 5.73. The van der Waals surface area contributed by atoms with Crippen LogP contribution in [0.3, 0.4) is 0 Å². The fourth-order valence-corrected chi connectivity index (χ4v) is 2.60. The van der Waals surface area contributed by atoms with E-state index in [1.54, 1.807) is 0 Å². The summed E-state index contributed by atoms with van der Waals surface area (Å²) in [6.45, 7) is 8.70. The summed E-state index contributed by atoms with van der Waals surface area (Å²) in [5, 5.41) is 7.77. The third kappa shape index (κ3) is 3.73. The van der Waals surface area contributed by atoms with Gasteiger partial charge < -0.3 is 9.88 Å². The van der Waals surface area contributed by atoms with Gasteiger partial charge in [0.15, 0.2) is 0 Å². The summed E-state index contributed by atoms with van der Waals surface area (Å²) in [7, 11) is 1.96. The number of aryl methyl sites for hydroxylation is 3. The highest BCUT2D eigenvalue weighted by Crippen LogP contribution is 2.21. The number of hydrogen-bond donors (Lipinski definition) is 1. The molecule has 0 fully saturated rings. The third-order valence-electron chi connectivity index (χ3n) is 3.64. The zero-order chi connectivity index (χ0) is 14.5. The summed E-state index contributed by atoms with van der Waals surface area (Å²) in [5.74, 6) is 0.601. The molecule has 0 spiro atoms. The van der Waals surface area contributed by atoms with Crippen LogP contribution in [0.2, 0.25) is 0 Å². The quantitative estimate of drug-likeness (QED) is 0.842. The fourth-order valence-electron chi connectivity index (χ4n) is 2.60. The Balaban J connectivity index is 1.97. The minimum atomic E-state index is 0.444. The van der Waals surface area contributed by atoms with Crippen LogP contribution in [0.4, 0.5) is 0 Å². The number of nitrogens with one attached hydrogen (secondary N) is 1. The van der Waals surface area contributed by atoms with Crippen molar-refractivity contribution in [3.05, 3.63) is 42.0 Å². The maximum atomic E-state index is 4.21. The van der Waals surface area contributed by atoms with Crippen LogP contribution in [0.25, 0.3) is 0 Å². The van der Waals surface area contributed by atoms with Gasteiger partial charge in [-0.1, -0.05) is 20.8 Å². The Labute approximate surface area is 121 Å². The number of hydrogen-bond acceptors (Lipinski definition) is 2. The van der Waals surface area contributed by atoms with Gasteiger partial charge in [-0.25, -0.2) is 0 Å². The van der Waals surface area contributed by atoms with Crippen molar-refractivity contribution < 1.29 is 0 Å². The first-order valence-electron chi connectivity index (χ1n) is 7.46. The molecule has 0 aliphatic rings. The summed E-state index contributed by atoms with van der Waals surface area (Å²) in [6.07, 6.45) is 9.50. The molecule has 0 bridgehead atoms. The molecular weight excluding hydrogens is 248 g/mol. The molecule has 2 aromatic heterocycles. The van der Waals surface area contributed by atoms with E-state index >= 15 is 0 Å². The Morgan fingerprint density at radius 1 is 1.30 bits per heavy atom. The number of aromatic nitrogens is 3. The normalized spacial score (nSPS) is 13.1. The summed E-state index contributed by atoms with van der Waals surface area (Å²) in [5.41, 5.74) is 2.67. The van der Waals surface area contributed by atoms with E-state index in [9.17, 15) is 0 Å². The molecular formula is C16H26N4. The van der Waals surface area contributed by atoms with Gasteiger partial charge in [0, 0.05) is 38.2 Å². The topological polar surface area (TPSA) is 34.8 Å². The molecule has 1 atom stereocenters. The van der Waals surface area contributed by atoms with Gasteiger partial charge in [0.25, 0.3) is 0 Å².